The molecule has 36 heavy (non-hydrogen) atoms. The predicted octanol–water partition coefficient (Wildman–Crippen LogP) is 4.98. The fourth-order valence-corrected chi connectivity index (χ4v) is 4.12. The Hall–Kier alpha value is -3.29. The summed E-state index contributed by atoms with van der Waals surface area (Å²) in [5, 5.41) is 0. The second kappa shape index (κ2) is 13.1. The first-order chi connectivity index (χ1) is 17.0. The van der Waals surface area contributed by atoms with Crippen molar-refractivity contribution in [3.05, 3.63) is 83.6 Å². The molecule has 0 radical (unpaired) electrons. The smallest absolute Gasteiger partial charge is 0.342 e. The number of halogens is 1. The molecule has 0 unspecified atom stereocenters. The predicted molar refractivity (Wildman–Crippen MR) is 143 cm³/mol. The van der Waals surface area contributed by atoms with Gasteiger partial charge in [0.1, 0.15) is 29.5 Å². The van der Waals surface area contributed by atoms with E-state index in [9.17, 15) is 4.79 Å². The van der Waals surface area contributed by atoms with Crippen LogP contribution < -0.4 is 14.4 Å². The first-order valence-corrected chi connectivity index (χ1v) is 12.0. The summed E-state index contributed by atoms with van der Waals surface area (Å²) in [5.74, 6) is 2.06. The lowest BCUT2D eigenvalue weighted by atomic mass is 10.1. The molecule has 1 aromatic heterocycles. The van der Waals surface area contributed by atoms with E-state index in [1.165, 1.54) is 5.56 Å². The maximum absolute atomic E-state index is 12.5. The monoisotopic (exact) mass is 511 g/mol. The lowest BCUT2D eigenvalue weighted by Gasteiger charge is -2.36. The number of rotatable bonds is 9. The van der Waals surface area contributed by atoms with Crippen molar-refractivity contribution in [2.75, 3.05) is 38.2 Å². The highest BCUT2D eigenvalue weighted by atomic mass is 35.5. The highest BCUT2D eigenvalue weighted by molar-refractivity contribution is 5.94. The van der Waals surface area contributed by atoms with Crippen LogP contribution in [0.5, 0.6) is 11.5 Å². The number of carbonyl (C=O) groups excluding carboxylic acids is 1. The van der Waals surface area contributed by atoms with Crippen molar-refractivity contribution in [1.82, 2.24) is 9.88 Å². The molecule has 4 rings (SSSR count). The van der Waals surface area contributed by atoms with Crippen LogP contribution in [0.1, 0.15) is 35.3 Å². The SMILES string of the molecule is COc1cccc(COc2cccc(CN3CCN(c4ncccc4C(=O)OC(C)C)CC3)c2)c1.Cl. The Labute approximate surface area is 219 Å². The molecule has 192 valence electrons. The number of ether oxygens (including phenoxy) is 3. The molecule has 0 N–H and O–H groups in total. The summed E-state index contributed by atoms with van der Waals surface area (Å²) in [6.07, 6.45) is 1.56. The third-order valence-corrected chi connectivity index (χ3v) is 5.87. The topological polar surface area (TPSA) is 64.1 Å². The van der Waals surface area contributed by atoms with Gasteiger partial charge in [0.15, 0.2) is 0 Å². The number of piperazine rings is 1. The number of nitrogens with zero attached hydrogens (tertiary/aromatic N) is 3. The van der Waals surface area contributed by atoms with Crippen LogP contribution in [-0.4, -0.2) is 55.2 Å². The summed E-state index contributed by atoms with van der Waals surface area (Å²) in [6.45, 7) is 8.39. The molecule has 0 atom stereocenters. The van der Waals surface area contributed by atoms with E-state index in [1.807, 2.05) is 50.2 Å². The van der Waals surface area contributed by atoms with E-state index in [1.54, 1.807) is 25.4 Å². The number of pyridine rings is 1. The first-order valence-electron chi connectivity index (χ1n) is 12.0. The van der Waals surface area contributed by atoms with Crippen LogP contribution in [0.4, 0.5) is 5.82 Å². The minimum absolute atomic E-state index is 0. The molecule has 8 heteroatoms. The minimum atomic E-state index is -0.323. The number of carbonyl (C=O) groups is 1. The van der Waals surface area contributed by atoms with E-state index >= 15 is 0 Å². The zero-order valence-electron chi connectivity index (χ0n) is 21.1. The fraction of sp³-hybridized carbons (Fsp3) is 0.357. The summed E-state index contributed by atoms with van der Waals surface area (Å²) < 4.78 is 16.7. The molecule has 2 aromatic carbocycles. The molecule has 1 aliphatic heterocycles. The Balaban J connectivity index is 0.00000361. The fourth-order valence-electron chi connectivity index (χ4n) is 4.12. The van der Waals surface area contributed by atoms with E-state index in [0.29, 0.717) is 18.0 Å². The van der Waals surface area contributed by atoms with Gasteiger partial charge in [-0.2, -0.15) is 0 Å². The van der Waals surface area contributed by atoms with Crippen LogP contribution >= 0.6 is 12.4 Å². The maximum atomic E-state index is 12.5. The number of esters is 1. The van der Waals surface area contributed by atoms with Gasteiger partial charge in [0.2, 0.25) is 0 Å². The van der Waals surface area contributed by atoms with Crippen molar-refractivity contribution in [3.63, 3.8) is 0 Å². The Morgan fingerprint density at radius 2 is 1.64 bits per heavy atom. The largest absolute Gasteiger partial charge is 0.497 e. The van der Waals surface area contributed by atoms with Gasteiger partial charge in [-0.1, -0.05) is 24.3 Å². The number of methoxy groups -OCH3 is 1. The Morgan fingerprint density at radius 3 is 2.36 bits per heavy atom. The van der Waals surface area contributed by atoms with Gasteiger partial charge in [0.05, 0.1) is 13.2 Å². The van der Waals surface area contributed by atoms with Crippen LogP contribution in [0.25, 0.3) is 0 Å². The van der Waals surface area contributed by atoms with E-state index in [4.69, 9.17) is 14.2 Å². The second-order valence-electron chi connectivity index (χ2n) is 8.88. The molecule has 0 amide bonds. The Bertz CT molecular complexity index is 1130. The Morgan fingerprint density at radius 1 is 0.944 bits per heavy atom. The standard InChI is InChI=1S/C28H33N3O4.ClH/c1-21(2)35-28(32)26-11-6-12-29-27(26)31-15-13-30(14-16-31)19-22-7-4-10-25(17-22)34-20-23-8-5-9-24(18-23)33-3;/h4-12,17-18,21H,13-16,19-20H2,1-3H3;1H. The zero-order valence-corrected chi connectivity index (χ0v) is 21.9. The van der Waals surface area contributed by atoms with E-state index in [2.05, 4.69) is 26.9 Å². The molecular weight excluding hydrogens is 478 g/mol. The molecule has 3 aromatic rings. The molecule has 1 fully saturated rings. The summed E-state index contributed by atoms with van der Waals surface area (Å²) in [7, 11) is 1.67. The lowest BCUT2D eigenvalue weighted by Crippen LogP contribution is -2.46. The van der Waals surface area contributed by atoms with Crippen molar-refractivity contribution in [1.29, 1.82) is 0 Å². The van der Waals surface area contributed by atoms with Gasteiger partial charge in [-0.05, 0) is 61.4 Å². The van der Waals surface area contributed by atoms with E-state index in [0.717, 1.165) is 49.8 Å². The van der Waals surface area contributed by atoms with Gasteiger partial charge in [-0.25, -0.2) is 9.78 Å². The lowest BCUT2D eigenvalue weighted by molar-refractivity contribution is 0.0378. The summed E-state index contributed by atoms with van der Waals surface area (Å²) in [4.78, 5) is 21.6. The number of aromatic nitrogens is 1. The van der Waals surface area contributed by atoms with E-state index in [-0.39, 0.29) is 24.5 Å². The van der Waals surface area contributed by atoms with Gasteiger partial charge < -0.3 is 19.1 Å². The molecule has 7 nitrogen and oxygen atoms in total. The zero-order chi connectivity index (χ0) is 24.6. The van der Waals surface area contributed by atoms with E-state index < -0.39 is 0 Å². The van der Waals surface area contributed by atoms with Crippen LogP contribution in [-0.2, 0) is 17.9 Å². The molecular formula is C28H34ClN3O4. The summed E-state index contributed by atoms with van der Waals surface area (Å²) >= 11 is 0. The number of benzene rings is 2. The highest BCUT2D eigenvalue weighted by Crippen LogP contribution is 2.22. The van der Waals surface area contributed by atoms with Crippen LogP contribution in [0.3, 0.4) is 0 Å². The van der Waals surface area contributed by atoms with Gasteiger partial charge in [-0.15, -0.1) is 12.4 Å². The molecule has 1 saturated heterocycles. The van der Waals surface area contributed by atoms with Gasteiger partial charge in [-0.3, -0.25) is 4.90 Å². The van der Waals surface area contributed by atoms with Crippen molar-refractivity contribution in [3.8, 4) is 11.5 Å². The average molecular weight is 512 g/mol. The average Bonchev–Trinajstić information content (AvgIpc) is 2.88. The van der Waals surface area contributed by atoms with Gasteiger partial charge in [0, 0.05) is 38.9 Å². The molecule has 0 bridgehead atoms. The normalized spacial score (nSPS) is 13.7. The Kier molecular flexibility index (Phi) is 9.96. The minimum Gasteiger partial charge on any atom is -0.497 e. The molecule has 2 heterocycles. The number of anilines is 1. The van der Waals surface area contributed by atoms with Crippen LogP contribution in [0.15, 0.2) is 66.9 Å². The third kappa shape index (κ3) is 7.35. The summed E-state index contributed by atoms with van der Waals surface area (Å²) in [6, 6.07) is 19.7. The summed E-state index contributed by atoms with van der Waals surface area (Å²) in [5.41, 5.74) is 2.80. The quantitative estimate of drug-likeness (QED) is 0.375. The highest BCUT2D eigenvalue weighted by Gasteiger charge is 2.23. The second-order valence-corrected chi connectivity index (χ2v) is 8.88. The first kappa shape index (κ1) is 27.3. The van der Waals surface area contributed by atoms with Gasteiger partial charge in [0.25, 0.3) is 0 Å². The van der Waals surface area contributed by atoms with Crippen molar-refractivity contribution >= 4 is 24.2 Å². The van der Waals surface area contributed by atoms with Gasteiger partial charge >= 0.3 is 5.97 Å². The maximum Gasteiger partial charge on any atom is 0.342 e. The van der Waals surface area contributed by atoms with Crippen LogP contribution in [0.2, 0.25) is 0 Å². The molecule has 1 aliphatic rings. The number of hydrogen-bond acceptors (Lipinski definition) is 7. The van der Waals surface area contributed by atoms with Crippen molar-refractivity contribution < 1.29 is 19.0 Å². The van der Waals surface area contributed by atoms with Crippen molar-refractivity contribution in [2.24, 2.45) is 0 Å². The molecule has 0 aliphatic carbocycles. The van der Waals surface area contributed by atoms with Crippen molar-refractivity contribution in [2.45, 2.75) is 33.1 Å². The molecule has 0 spiro atoms. The third-order valence-electron chi connectivity index (χ3n) is 5.87. The van der Waals surface area contributed by atoms with Crippen LogP contribution in [0, 0.1) is 0 Å². The molecule has 0 saturated carbocycles. The number of hydrogen-bond donors (Lipinski definition) is 0.